The maximum Gasteiger partial charge on any atom is 0.252 e. The molecule has 1 amide bonds. The molecular weight excluding hydrogens is 390 g/mol. The fourth-order valence-corrected chi connectivity index (χ4v) is 3.57. The van der Waals surface area contributed by atoms with Gasteiger partial charge in [-0.25, -0.2) is 14.6 Å². The van der Waals surface area contributed by atoms with Crippen molar-refractivity contribution in [2.24, 2.45) is 0 Å². The number of pyridine rings is 1. The summed E-state index contributed by atoms with van der Waals surface area (Å²) < 4.78 is 3.58. The first-order valence-corrected chi connectivity index (χ1v) is 10.5. The summed E-state index contributed by atoms with van der Waals surface area (Å²) in [5.74, 6) is 0.0260. The highest BCUT2D eigenvalue weighted by molar-refractivity contribution is 6.05. The average Bonchev–Trinajstić information content (AvgIpc) is 3.42. The third-order valence-corrected chi connectivity index (χ3v) is 5.26. The van der Waals surface area contributed by atoms with Crippen molar-refractivity contribution in [1.82, 2.24) is 34.8 Å². The second-order valence-electron chi connectivity index (χ2n) is 8.22. The third-order valence-electron chi connectivity index (χ3n) is 5.26. The topological polar surface area (TPSA) is 90.5 Å². The number of nitrogens with zero attached hydrogens (tertiary/aromatic N) is 6. The molecule has 0 aliphatic rings. The SMILES string of the molecule is CC(C)c1cc(C(=O)NC(Cn2cncn2)c2ccccc2)c2cnn(C(C)C)c2n1. The minimum atomic E-state index is -0.263. The van der Waals surface area contributed by atoms with Gasteiger partial charge in [0.05, 0.1) is 29.7 Å². The number of nitrogens with one attached hydrogen (secondary N) is 1. The maximum absolute atomic E-state index is 13.5. The van der Waals surface area contributed by atoms with Crippen LogP contribution < -0.4 is 5.32 Å². The van der Waals surface area contributed by atoms with E-state index in [4.69, 9.17) is 4.98 Å². The smallest absolute Gasteiger partial charge is 0.252 e. The first-order chi connectivity index (χ1) is 14.9. The molecule has 31 heavy (non-hydrogen) atoms. The Morgan fingerprint density at radius 2 is 1.87 bits per heavy atom. The molecule has 3 aromatic heterocycles. The summed E-state index contributed by atoms with van der Waals surface area (Å²) in [6.45, 7) is 8.73. The van der Waals surface area contributed by atoms with Gasteiger partial charge in [0.2, 0.25) is 0 Å². The highest BCUT2D eigenvalue weighted by Gasteiger charge is 2.22. The minimum absolute atomic E-state index is 0.146. The second kappa shape index (κ2) is 8.67. The second-order valence-corrected chi connectivity index (χ2v) is 8.22. The molecule has 0 saturated carbocycles. The van der Waals surface area contributed by atoms with Crippen LogP contribution in [0.15, 0.2) is 55.2 Å². The number of amides is 1. The van der Waals surface area contributed by atoms with E-state index in [-0.39, 0.29) is 23.9 Å². The molecule has 8 nitrogen and oxygen atoms in total. The van der Waals surface area contributed by atoms with Crippen LogP contribution in [0.25, 0.3) is 11.0 Å². The van der Waals surface area contributed by atoms with Crippen LogP contribution in [0.2, 0.25) is 0 Å². The van der Waals surface area contributed by atoms with E-state index < -0.39 is 0 Å². The summed E-state index contributed by atoms with van der Waals surface area (Å²) in [7, 11) is 0. The van der Waals surface area contributed by atoms with E-state index >= 15 is 0 Å². The average molecular weight is 418 g/mol. The van der Waals surface area contributed by atoms with Crippen molar-refractivity contribution in [3.8, 4) is 0 Å². The van der Waals surface area contributed by atoms with Crippen LogP contribution in [-0.2, 0) is 6.54 Å². The molecule has 1 N–H and O–H groups in total. The minimum Gasteiger partial charge on any atom is -0.343 e. The van der Waals surface area contributed by atoms with Gasteiger partial charge < -0.3 is 5.32 Å². The summed E-state index contributed by atoms with van der Waals surface area (Å²) in [6, 6.07) is 11.6. The summed E-state index contributed by atoms with van der Waals surface area (Å²) in [6.07, 6.45) is 4.87. The Hall–Kier alpha value is -3.55. The Balaban J connectivity index is 1.73. The van der Waals surface area contributed by atoms with E-state index in [1.165, 1.54) is 6.33 Å². The first-order valence-electron chi connectivity index (χ1n) is 10.5. The molecule has 4 aromatic rings. The van der Waals surface area contributed by atoms with Crippen molar-refractivity contribution < 1.29 is 4.79 Å². The predicted octanol–water partition coefficient (Wildman–Crippen LogP) is 3.90. The van der Waals surface area contributed by atoms with Crippen molar-refractivity contribution in [3.63, 3.8) is 0 Å². The molecule has 0 bridgehead atoms. The van der Waals surface area contributed by atoms with Gasteiger partial charge in [-0.15, -0.1) is 0 Å². The van der Waals surface area contributed by atoms with E-state index in [1.807, 2.05) is 41.1 Å². The van der Waals surface area contributed by atoms with E-state index in [0.29, 0.717) is 12.1 Å². The van der Waals surface area contributed by atoms with Gasteiger partial charge in [-0.05, 0) is 31.4 Å². The van der Waals surface area contributed by atoms with Crippen molar-refractivity contribution in [1.29, 1.82) is 0 Å². The number of aromatic nitrogens is 6. The number of fused-ring (bicyclic) bond motifs is 1. The molecule has 1 unspecified atom stereocenters. The number of carbonyl (C=O) groups excluding carboxylic acids is 1. The normalized spacial score (nSPS) is 12.6. The number of rotatable bonds is 7. The molecule has 1 atom stereocenters. The third kappa shape index (κ3) is 4.33. The van der Waals surface area contributed by atoms with Gasteiger partial charge in [0.25, 0.3) is 5.91 Å². The van der Waals surface area contributed by atoms with Crippen LogP contribution in [0.1, 0.15) is 67.3 Å². The van der Waals surface area contributed by atoms with Crippen LogP contribution >= 0.6 is 0 Å². The lowest BCUT2D eigenvalue weighted by Crippen LogP contribution is -2.32. The van der Waals surface area contributed by atoms with Crippen molar-refractivity contribution in [2.45, 2.75) is 52.2 Å². The summed E-state index contributed by atoms with van der Waals surface area (Å²) in [5, 5.41) is 12.6. The van der Waals surface area contributed by atoms with Crippen molar-refractivity contribution in [2.75, 3.05) is 0 Å². The monoisotopic (exact) mass is 417 g/mol. The fourth-order valence-electron chi connectivity index (χ4n) is 3.57. The quantitative estimate of drug-likeness (QED) is 0.492. The van der Waals surface area contributed by atoms with Gasteiger partial charge >= 0.3 is 0 Å². The molecule has 0 saturated heterocycles. The highest BCUT2D eigenvalue weighted by Crippen LogP contribution is 2.25. The fraction of sp³-hybridized carbons (Fsp3) is 0.348. The largest absolute Gasteiger partial charge is 0.343 e. The summed E-state index contributed by atoms with van der Waals surface area (Å²) >= 11 is 0. The van der Waals surface area contributed by atoms with Gasteiger partial charge in [-0.1, -0.05) is 44.2 Å². The molecule has 160 valence electrons. The molecule has 3 heterocycles. The van der Waals surface area contributed by atoms with Crippen LogP contribution in [0, 0.1) is 0 Å². The lowest BCUT2D eigenvalue weighted by Gasteiger charge is -2.20. The van der Waals surface area contributed by atoms with Gasteiger partial charge in [-0.2, -0.15) is 10.2 Å². The number of hydrogen-bond donors (Lipinski definition) is 1. The Morgan fingerprint density at radius 3 is 2.52 bits per heavy atom. The molecule has 0 aliphatic carbocycles. The Labute approximate surface area is 181 Å². The van der Waals surface area contributed by atoms with Gasteiger partial charge in [0, 0.05) is 11.7 Å². The van der Waals surface area contributed by atoms with Crippen molar-refractivity contribution >= 4 is 16.9 Å². The lowest BCUT2D eigenvalue weighted by atomic mass is 10.0. The van der Waals surface area contributed by atoms with E-state index in [0.717, 1.165) is 22.3 Å². The Morgan fingerprint density at radius 1 is 1.10 bits per heavy atom. The number of carbonyl (C=O) groups is 1. The maximum atomic E-state index is 13.5. The first kappa shape index (κ1) is 20.7. The zero-order valence-corrected chi connectivity index (χ0v) is 18.2. The Kier molecular flexibility index (Phi) is 5.79. The van der Waals surface area contributed by atoms with Crippen molar-refractivity contribution in [3.05, 3.63) is 72.1 Å². The molecule has 8 heteroatoms. The van der Waals surface area contributed by atoms with Crippen LogP contribution in [0.5, 0.6) is 0 Å². The molecular formula is C23H27N7O. The molecule has 0 aliphatic heterocycles. The van der Waals surface area contributed by atoms with Gasteiger partial charge in [0.1, 0.15) is 12.7 Å². The lowest BCUT2D eigenvalue weighted by molar-refractivity contribution is 0.0933. The molecule has 0 spiro atoms. The highest BCUT2D eigenvalue weighted by atomic mass is 16.1. The summed E-state index contributed by atoms with van der Waals surface area (Å²) in [4.78, 5) is 22.3. The van der Waals surface area contributed by atoms with E-state index in [2.05, 4.69) is 48.2 Å². The standard InChI is InChI=1S/C23H27N7O/c1-15(2)20-10-18(19-11-25-30(16(3)4)22(19)27-20)23(31)28-21(12-29-14-24-13-26-29)17-8-6-5-7-9-17/h5-11,13-16,21H,12H2,1-4H3,(H,28,31). The molecule has 4 rings (SSSR count). The zero-order valence-electron chi connectivity index (χ0n) is 18.2. The number of benzene rings is 1. The number of hydrogen-bond acceptors (Lipinski definition) is 5. The summed E-state index contributed by atoms with van der Waals surface area (Å²) in [5.41, 5.74) is 3.19. The van der Waals surface area contributed by atoms with Crippen LogP contribution in [-0.4, -0.2) is 35.4 Å². The van der Waals surface area contributed by atoms with Crippen LogP contribution in [0.3, 0.4) is 0 Å². The van der Waals surface area contributed by atoms with Gasteiger partial charge in [0.15, 0.2) is 5.65 Å². The molecule has 0 radical (unpaired) electrons. The predicted molar refractivity (Wildman–Crippen MR) is 119 cm³/mol. The zero-order chi connectivity index (χ0) is 22.0. The Bertz CT molecular complexity index is 1160. The molecule has 0 fully saturated rings. The molecule has 1 aromatic carbocycles. The van der Waals surface area contributed by atoms with Crippen LogP contribution in [0.4, 0.5) is 0 Å². The van der Waals surface area contributed by atoms with Gasteiger partial charge in [-0.3, -0.25) is 9.48 Å². The van der Waals surface area contributed by atoms with E-state index in [1.54, 1.807) is 17.2 Å². The van der Waals surface area contributed by atoms with E-state index in [9.17, 15) is 4.79 Å².